The molecule has 110 valence electrons. The molecule has 0 saturated carbocycles. The summed E-state index contributed by atoms with van der Waals surface area (Å²) in [5.41, 5.74) is 0.810. The van der Waals surface area contributed by atoms with Crippen LogP contribution in [0.1, 0.15) is 5.56 Å². The minimum atomic E-state index is -0.310. The summed E-state index contributed by atoms with van der Waals surface area (Å²) in [5.74, 6) is 1.03. The van der Waals surface area contributed by atoms with E-state index in [1.165, 1.54) is 17.4 Å². The number of aryl methyl sites for hydroxylation is 1. The summed E-state index contributed by atoms with van der Waals surface area (Å²) in [6.45, 7) is 0. The Labute approximate surface area is 126 Å². The van der Waals surface area contributed by atoms with Crippen LogP contribution in [0.4, 0.5) is 0 Å². The highest BCUT2D eigenvalue weighted by Crippen LogP contribution is 2.23. The van der Waals surface area contributed by atoms with Crippen LogP contribution in [0.15, 0.2) is 40.8 Å². The number of hydrogen-bond acceptors (Lipinski definition) is 4. The van der Waals surface area contributed by atoms with Crippen LogP contribution in [0.5, 0.6) is 11.5 Å². The number of carbonyl (C=O) groups is 1. The molecule has 0 aliphatic carbocycles. The first-order valence-corrected chi connectivity index (χ1v) is 7.10. The van der Waals surface area contributed by atoms with Gasteiger partial charge in [0.15, 0.2) is 4.80 Å². The van der Waals surface area contributed by atoms with E-state index in [1.54, 1.807) is 30.9 Å². The van der Waals surface area contributed by atoms with Gasteiger partial charge < -0.3 is 14.0 Å². The van der Waals surface area contributed by atoms with Crippen molar-refractivity contribution in [3.8, 4) is 11.5 Å². The minimum Gasteiger partial charge on any atom is -0.497 e. The van der Waals surface area contributed by atoms with E-state index < -0.39 is 0 Å². The lowest BCUT2D eigenvalue weighted by Crippen LogP contribution is -2.11. The monoisotopic (exact) mass is 304 g/mol. The van der Waals surface area contributed by atoms with Crippen LogP contribution < -0.4 is 14.3 Å². The summed E-state index contributed by atoms with van der Waals surface area (Å²) in [5, 5.41) is 1.88. The van der Waals surface area contributed by atoms with Gasteiger partial charge in [-0.1, -0.05) is 0 Å². The van der Waals surface area contributed by atoms with Crippen molar-refractivity contribution in [2.24, 2.45) is 12.0 Å². The van der Waals surface area contributed by atoms with Crippen LogP contribution in [-0.4, -0.2) is 24.7 Å². The molecule has 1 amide bonds. The van der Waals surface area contributed by atoms with Crippen LogP contribution in [0, 0.1) is 0 Å². The Morgan fingerprint density at radius 2 is 1.90 bits per heavy atom. The van der Waals surface area contributed by atoms with Gasteiger partial charge in [0.25, 0.3) is 5.91 Å². The van der Waals surface area contributed by atoms with Gasteiger partial charge in [0.05, 0.1) is 14.2 Å². The normalized spacial score (nSPS) is 11.9. The largest absolute Gasteiger partial charge is 0.497 e. The Kier molecular flexibility index (Phi) is 4.94. The van der Waals surface area contributed by atoms with Gasteiger partial charge in [-0.2, -0.15) is 4.99 Å². The molecule has 1 aromatic carbocycles. The number of hydrogen-bond donors (Lipinski definition) is 0. The van der Waals surface area contributed by atoms with Crippen LogP contribution in [-0.2, 0) is 11.8 Å². The Morgan fingerprint density at radius 1 is 1.24 bits per heavy atom. The average Bonchev–Trinajstić information content (AvgIpc) is 2.90. The molecule has 0 aliphatic rings. The molecule has 0 N–H and O–H groups in total. The standard InChI is InChI=1S/C15H16N2O3S/c1-17-6-7-21-15(17)16-14(18)5-4-11-8-12(19-2)10-13(9-11)20-3/h4-10H,1-3H3/b5-4+,16-15?. The third-order valence-electron chi connectivity index (χ3n) is 2.76. The van der Waals surface area contributed by atoms with Crippen molar-refractivity contribution in [2.75, 3.05) is 14.2 Å². The highest BCUT2D eigenvalue weighted by Gasteiger charge is 2.00. The summed E-state index contributed by atoms with van der Waals surface area (Å²) in [7, 11) is 5.01. The van der Waals surface area contributed by atoms with E-state index in [0.29, 0.717) is 16.3 Å². The van der Waals surface area contributed by atoms with Crippen molar-refractivity contribution in [2.45, 2.75) is 0 Å². The second-order valence-electron chi connectivity index (χ2n) is 4.23. The number of rotatable bonds is 4. The summed E-state index contributed by atoms with van der Waals surface area (Å²) in [6.07, 6.45) is 4.96. The van der Waals surface area contributed by atoms with Crippen molar-refractivity contribution < 1.29 is 14.3 Å². The molecular weight excluding hydrogens is 288 g/mol. The fourth-order valence-electron chi connectivity index (χ4n) is 1.66. The number of amides is 1. The molecule has 0 aliphatic heterocycles. The van der Waals surface area contributed by atoms with E-state index in [0.717, 1.165) is 5.56 Å². The molecule has 2 aromatic rings. The molecule has 0 atom stereocenters. The van der Waals surface area contributed by atoms with E-state index >= 15 is 0 Å². The molecule has 1 heterocycles. The maximum absolute atomic E-state index is 11.8. The van der Waals surface area contributed by atoms with Gasteiger partial charge in [-0.25, -0.2) is 0 Å². The van der Waals surface area contributed by atoms with Crippen LogP contribution in [0.25, 0.3) is 6.08 Å². The molecule has 0 fully saturated rings. The zero-order valence-electron chi connectivity index (χ0n) is 12.1. The van der Waals surface area contributed by atoms with Crippen molar-refractivity contribution in [1.29, 1.82) is 0 Å². The quantitative estimate of drug-likeness (QED) is 0.814. The van der Waals surface area contributed by atoms with E-state index in [1.807, 2.05) is 30.8 Å². The first-order valence-electron chi connectivity index (χ1n) is 6.22. The molecule has 0 unspecified atom stereocenters. The Bertz CT molecular complexity index is 706. The molecule has 21 heavy (non-hydrogen) atoms. The van der Waals surface area contributed by atoms with E-state index in [4.69, 9.17) is 9.47 Å². The minimum absolute atomic E-state index is 0.310. The van der Waals surface area contributed by atoms with Gasteiger partial charge in [0.1, 0.15) is 11.5 Å². The van der Waals surface area contributed by atoms with Crippen molar-refractivity contribution in [3.05, 3.63) is 46.2 Å². The van der Waals surface area contributed by atoms with Crippen molar-refractivity contribution >= 4 is 23.3 Å². The van der Waals surface area contributed by atoms with E-state index in [2.05, 4.69) is 4.99 Å². The Morgan fingerprint density at radius 3 is 2.43 bits per heavy atom. The molecule has 0 radical (unpaired) electrons. The lowest BCUT2D eigenvalue weighted by Gasteiger charge is -2.05. The summed E-state index contributed by atoms with van der Waals surface area (Å²) >= 11 is 1.41. The maximum atomic E-state index is 11.8. The van der Waals surface area contributed by atoms with Gasteiger partial charge in [-0.3, -0.25) is 4.79 Å². The third-order valence-corrected chi connectivity index (χ3v) is 3.61. The van der Waals surface area contributed by atoms with Gasteiger partial charge in [-0.05, 0) is 23.8 Å². The molecule has 0 saturated heterocycles. The van der Waals surface area contributed by atoms with Gasteiger partial charge in [0.2, 0.25) is 0 Å². The average molecular weight is 304 g/mol. The van der Waals surface area contributed by atoms with Crippen LogP contribution in [0.3, 0.4) is 0 Å². The number of carbonyl (C=O) groups excluding carboxylic acids is 1. The van der Waals surface area contributed by atoms with Crippen molar-refractivity contribution in [1.82, 2.24) is 4.57 Å². The molecule has 2 rings (SSSR count). The van der Waals surface area contributed by atoms with Crippen molar-refractivity contribution in [3.63, 3.8) is 0 Å². The van der Waals surface area contributed by atoms with Gasteiger partial charge in [0, 0.05) is 30.8 Å². The fourth-order valence-corrected chi connectivity index (χ4v) is 2.39. The second-order valence-corrected chi connectivity index (χ2v) is 5.10. The molecule has 1 aromatic heterocycles. The lowest BCUT2D eigenvalue weighted by atomic mass is 10.2. The Hall–Kier alpha value is -2.34. The molecule has 0 bridgehead atoms. The van der Waals surface area contributed by atoms with Crippen LogP contribution in [0.2, 0.25) is 0 Å². The predicted molar refractivity (Wildman–Crippen MR) is 82.4 cm³/mol. The first-order chi connectivity index (χ1) is 10.1. The highest BCUT2D eigenvalue weighted by molar-refractivity contribution is 7.07. The Balaban J connectivity index is 2.21. The zero-order valence-corrected chi connectivity index (χ0v) is 12.9. The first kappa shape index (κ1) is 15.1. The smallest absolute Gasteiger partial charge is 0.272 e. The van der Waals surface area contributed by atoms with E-state index in [-0.39, 0.29) is 5.91 Å². The lowest BCUT2D eigenvalue weighted by molar-refractivity contribution is -0.113. The van der Waals surface area contributed by atoms with Gasteiger partial charge >= 0.3 is 0 Å². The number of thiazole rings is 1. The van der Waals surface area contributed by atoms with Gasteiger partial charge in [-0.15, -0.1) is 11.3 Å². The highest BCUT2D eigenvalue weighted by atomic mass is 32.1. The van der Waals surface area contributed by atoms with Crippen LogP contribution >= 0.6 is 11.3 Å². The third kappa shape index (κ3) is 4.06. The molecule has 0 spiro atoms. The number of nitrogens with zero attached hydrogens (tertiary/aromatic N) is 2. The number of methoxy groups -OCH3 is 2. The molecule has 5 nitrogen and oxygen atoms in total. The van der Waals surface area contributed by atoms with E-state index in [9.17, 15) is 4.79 Å². The SMILES string of the molecule is COc1cc(/C=C/C(=O)N=c2sccn2C)cc(OC)c1. The topological polar surface area (TPSA) is 52.8 Å². The number of aromatic nitrogens is 1. The molecular formula is C15H16N2O3S. The predicted octanol–water partition coefficient (Wildman–Crippen LogP) is 2.24. The number of benzene rings is 1. The summed E-state index contributed by atoms with van der Waals surface area (Å²) < 4.78 is 12.2. The second kappa shape index (κ2) is 6.90. The fraction of sp³-hybridized carbons (Fsp3) is 0.200. The number of ether oxygens (including phenoxy) is 2. The molecule has 6 heteroatoms. The maximum Gasteiger partial charge on any atom is 0.272 e. The summed E-state index contributed by atoms with van der Waals surface area (Å²) in [6, 6.07) is 5.41. The zero-order chi connectivity index (χ0) is 15.2. The summed E-state index contributed by atoms with van der Waals surface area (Å²) in [4.78, 5) is 16.5.